The summed E-state index contributed by atoms with van der Waals surface area (Å²) in [5.41, 5.74) is -12.2. The van der Waals surface area contributed by atoms with Crippen LogP contribution in [0.2, 0.25) is 0 Å². The summed E-state index contributed by atoms with van der Waals surface area (Å²) in [6.45, 7) is 0. The molecule has 0 radical (unpaired) electrons. The van der Waals surface area contributed by atoms with E-state index in [1.54, 1.807) is 0 Å². The summed E-state index contributed by atoms with van der Waals surface area (Å²) in [4.78, 5) is 0. The average Bonchev–Trinajstić information content (AvgIpc) is 2.97. The zero-order valence-corrected chi connectivity index (χ0v) is 19.5. The van der Waals surface area contributed by atoms with E-state index in [9.17, 15) is 48.3 Å². The minimum atomic E-state index is -6.56. The lowest BCUT2D eigenvalue weighted by atomic mass is 9.12. The smallest absolute Gasteiger partial charge is 0.200 e. The number of hydrogen-bond donors (Lipinski definition) is 0. The lowest BCUT2D eigenvalue weighted by Gasteiger charge is -2.44. The molecular weight excluding hydrogens is 641 g/mol. The Balaban J connectivity index is 2.62. The van der Waals surface area contributed by atoms with Crippen molar-refractivity contribution in [2.45, 2.75) is 0 Å². The van der Waals surface area contributed by atoms with E-state index in [4.69, 9.17) is 0 Å². The minimum Gasteiger partial charge on any atom is -0.207 e. The maximum Gasteiger partial charge on any atom is 0.200 e. The zero-order valence-electron chi connectivity index (χ0n) is 19.5. The third-order valence-corrected chi connectivity index (χ3v) is 6.56. The van der Waals surface area contributed by atoms with Crippen molar-refractivity contribution in [2.24, 2.45) is 0 Å². The molecule has 0 saturated carbocycles. The predicted octanol–water partition coefficient (Wildman–Crippen LogP) is 5.57. The molecule has 0 aliphatic carbocycles. The normalized spacial score (nSPS) is 12.0. The summed E-state index contributed by atoms with van der Waals surface area (Å²) in [5, 5.41) is 0. The molecule has 0 saturated heterocycles. The Hall–Kier alpha value is -4.32. The van der Waals surface area contributed by atoms with Gasteiger partial charge >= 0.3 is 0 Å². The van der Waals surface area contributed by atoms with Gasteiger partial charge in [0.1, 0.15) is 46.9 Å². The Bertz CT molecular complexity index is 1610. The average molecular weight is 643 g/mol. The number of halogens is 18. The Morgan fingerprint density at radius 1 is 0.256 bits per heavy atom. The van der Waals surface area contributed by atoms with Gasteiger partial charge < -0.3 is 0 Å². The van der Waals surface area contributed by atoms with Crippen molar-refractivity contribution in [3.8, 4) is 0 Å². The molecule has 4 rings (SSSR count). The van der Waals surface area contributed by atoms with E-state index in [1.165, 1.54) is 0 Å². The SMILES string of the molecule is Fc1ccc([B-](c2c(F)c(F)c(F)c(F)c2F)(c2c(F)c(F)c(F)c(F)c2F)c2c(F)c(F)c(F)c(F)c2F)c(F)c1F. The molecule has 0 heterocycles. The van der Waals surface area contributed by atoms with Gasteiger partial charge in [-0.05, 0) is 6.07 Å². The van der Waals surface area contributed by atoms with Gasteiger partial charge in [0.25, 0.3) is 0 Å². The lowest BCUT2D eigenvalue weighted by molar-refractivity contribution is 0.379. The molecule has 0 unspecified atom stereocenters. The lowest BCUT2D eigenvalue weighted by Crippen LogP contribution is -2.80. The van der Waals surface area contributed by atoms with Crippen molar-refractivity contribution < 1.29 is 79.0 Å². The first kappa shape index (κ1) is 31.6. The molecule has 0 aliphatic heterocycles. The fourth-order valence-corrected chi connectivity index (χ4v) is 4.78. The Morgan fingerprint density at radius 2 is 0.488 bits per heavy atom. The summed E-state index contributed by atoms with van der Waals surface area (Å²) in [6, 6.07) is -0.906. The minimum absolute atomic E-state index is 0.408. The molecule has 0 spiro atoms. The summed E-state index contributed by atoms with van der Waals surface area (Å²) >= 11 is 0. The molecule has 0 atom stereocenters. The van der Waals surface area contributed by atoms with Crippen molar-refractivity contribution in [3.63, 3.8) is 0 Å². The number of benzene rings is 4. The fraction of sp³-hybridized carbons (Fsp3) is 0. The van der Waals surface area contributed by atoms with Gasteiger partial charge in [-0.25, -0.2) is 79.0 Å². The van der Waals surface area contributed by atoms with Crippen LogP contribution in [0.4, 0.5) is 79.0 Å². The third-order valence-electron chi connectivity index (χ3n) is 6.56. The third kappa shape index (κ3) is 4.06. The van der Waals surface area contributed by atoms with E-state index in [1.807, 2.05) is 0 Å². The van der Waals surface area contributed by atoms with Crippen molar-refractivity contribution in [1.82, 2.24) is 0 Å². The Kier molecular flexibility index (Phi) is 7.68. The van der Waals surface area contributed by atoms with E-state index in [-0.39, 0.29) is 0 Å². The second-order valence-corrected chi connectivity index (χ2v) is 8.58. The topological polar surface area (TPSA) is 0 Å². The van der Waals surface area contributed by atoms with E-state index in [2.05, 4.69) is 0 Å². The molecule has 0 bridgehead atoms. The van der Waals surface area contributed by atoms with E-state index in [0.29, 0.717) is 0 Å². The van der Waals surface area contributed by atoms with Crippen LogP contribution in [0, 0.1) is 105 Å². The van der Waals surface area contributed by atoms with Crippen LogP contribution in [0.25, 0.3) is 0 Å². The van der Waals surface area contributed by atoms with E-state index < -0.39 is 145 Å². The Labute approximate surface area is 224 Å². The van der Waals surface area contributed by atoms with E-state index >= 15 is 30.7 Å². The van der Waals surface area contributed by atoms with Crippen LogP contribution in [0.15, 0.2) is 12.1 Å². The highest BCUT2D eigenvalue weighted by Crippen LogP contribution is 2.29. The summed E-state index contributed by atoms with van der Waals surface area (Å²) in [5.74, 6) is -58.5. The first-order valence-corrected chi connectivity index (χ1v) is 10.7. The summed E-state index contributed by atoms with van der Waals surface area (Å²) in [7, 11) is 0. The zero-order chi connectivity index (χ0) is 32.6. The van der Waals surface area contributed by atoms with Gasteiger partial charge in [-0.1, -0.05) is 6.07 Å². The van der Waals surface area contributed by atoms with Gasteiger partial charge in [-0.3, -0.25) is 0 Å². The van der Waals surface area contributed by atoms with Crippen LogP contribution < -0.4 is 21.9 Å². The summed E-state index contributed by atoms with van der Waals surface area (Å²) < 4.78 is 264. The molecule has 228 valence electrons. The largest absolute Gasteiger partial charge is 0.207 e. The van der Waals surface area contributed by atoms with Crippen LogP contribution in [-0.4, -0.2) is 6.15 Å². The van der Waals surface area contributed by atoms with Gasteiger partial charge in [-0.2, -0.15) is 5.46 Å². The molecule has 0 nitrogen and oxygen atoms in total. The van der Waals surface area contributed by atoms with Crippen molar-refractivity contribution >= 4 is 28.0 Å². The van der Waals surface area contributed by atoms with Gasteiger partial charge in [0.05, 0.1) is 0 Å². The van der Waals surface area contributed by atoms with Gasteiger partial charge in [-0.15, -0.1) is 16.4 Å². The van der Waals surface area contributed by atoms with Crippen molar-refractivity contribution in [3.05, 3.63) is 117 Å². The van der Waals surface area contributed by atoms with Gasteiger partial charge in [0.15, 0.2) is 64.0 Å². The monoisotopic (exact) mass is 643 g/mol. The number of hydrogen-bond acceptors (Lipinski definition) is 0. The van der Waals surface area contributed by atoms with E-state index in [0.717, 1.165) is 0 Å². The van der Waals surface area contributed by atoms with Crippen LogP contribution in [0.5, 0.6) is 0 Å². The standard InChI is InChI=1S/C24H2BF18/c26-4-2-1-3(8(27)9(4)28)25(5-10(29)16(35)22(41)17(36)11(5)30,6-12(31)18(37)23(42)19(38)13(6)32)7-14(33)20(39)24(43)21(40)15(7)34/h1-2H/q-1. The molecular formula is C24H2BF18-. The molecule has 0 aromatic heterocycles. The van der Waals surface area contributed by atoms with Gasteiger partial charge in [0.2, 0.25) is 0 Å². The molecule has 0 fully saturated rings. The second-order valence-electron chi connectivity index (χ2n) is 8.58. The van der Waals surface area contributed by atoms with Crippen LogP contribution in [0.3, 0.4) is 0 Å². The maximum atomic E-state index is 15.3. The molecule has 4 aromatic rings. The van der Waals surface area contributed by atoms with Gasteiger partial charge in [0, 0.05) is 0 Å². The maximum absolute atomic E-state index is 15.3. The quantitative estimate of drug-likeness (QED) is 0.118. The second kappa shape index (κ2) is 10.4. The Morgan fingerprint density at radius 3 is 0.744 bits per heavy atom. The molecule has 0 amide bonds. The number of rotatable bonds is 4. The van der Waals surface area contributed by atoms with Crippen LogP contribution in [-0.2, 0) is 0 Å². The molecule has 19 heteroatoms. The first-order valence-electron chi connectivity index (χ1n) is 10.7. The molecule has 43 heavy (non-hydrogen) atoms. The fourth-order valence-electron chi connectivity index (χ4n) is 4.78. The highest BCUT2D eigenvalue weighted by Gasteiger charge is 2.50. The highest BCUT2D eigenvalue weighted by molar-refractivity contribution is 7.20. The summed E-state index contributed by atoms with van der Waals surface area (Å²) in [6.07, 6.45) is -6.56. The van der Waals surface area contributed by atoms with Crippen LogP contribution in [0.1, 0.15) is 0 Å². The van der Waals surface area contributed by atoms with Crippen molar-refractivity contribution in [2.75, 3.05) is 0 Å². The first-order chi connectivity index (χ1) is 19.9. The molecule has 0 aliphatic rings. The molecule has 4 aromatic carbocycles. The highest BCUT2D eigenvalue weighted by atomic mass is 19.2. The van der Waals surface area contributed by atoms with Crippen LogP contribution >= 0.6 is 0 Å². The molecule has 0 N–H and O–H groups in total. The van der Waals surface area contributed by atoms with Crippen molar-refractivity contribution in [1.29, 1.82) is 0 Å². The predicted molar refractivity (Wildman–Crippen MR) is 109 cm³/mol.